The SMILES string of the molecule is c1ccc2c(c1)c1ccccc1c1c2c2c3ccccc3c3ccccc3c2c2c3ccccc3c3ccccc3c12.c1ccc2c(c1)ccc1c2c2ccc3ccccc3c2c2ccc3ccccc3c12. The van der Waals surface area contributed by atoms with Crippen molar-refractivity contribution in [3.8, 4) is 0 Å². The Hall–Kier alpha value is -9.36. The van der Waals surface area contributed by atoms with E-state index < -0.39 is 0 Å². The average Bonchev–Trinajstić information content (AvgIpc) is 3.46. The van der Waals surface area contributed by atoms with Gasteiger partial charge in [0.2, 0.25) is 0 Å². The van der Waals surface area contributed by atoms with Gasteiger partial charge in [-0.1, -0.05) is 255 Å². The fraction of sp³-hybridized carbons (Fsp3) is 0. The summed E-state index contributed by atoms with van der Waals surface area (Å²) in [7, 11) is 0. The van der Waals surface area contributed by atoms with Crippen LogP contribution in [0.25, 0.3) is 162 Å². The molecule has 0 N–H and O–H groups in total. The van der Waals surface area contributed by atoms with Crippen molar-refractivity contribution in [3.05, 3.63) is 255 Å². The second kappa shape index (κ2) is 15.1. The van der Waals surface area contributed by atoms with E-state index in [2.05, 4.69) is 255 Å². The van der Waals surface area contributed by atoms with E-state index in [9.17, 15) is 0 Å². The van der Waals surface area contributed by atoms with Gasteiger partial charge < -0.3 is 0 Å². The number of rotatable bonds is 0. The third kappa shape index (κ3) is 5.36. The Balaban J connectivity index is 0.000000131. The van der Waals surface area contributed by atoms with E-state index in [1.54, 1.807) is 0 Å². The molecule has 330 valence electrons. The maximum atomic E-state index is 2.34. The van der Waals surface area contributed by atoms with Crippen LogP contribution in [0.1, 0.15) is 0 Å². The van der Waals surface area contributed by atoms with Gasteiger partial charge in [0.15, 0.2) is 0 Å². The monoisotopic (exact) mass is 906 g/mol. The lowest BCUT2D eigenvalue weighted by Gasteiger charge is -2.22. The van der Waals surface area contributed by atoms with Gasteiger partial charge in [-0.15, -0.1) is 0 Å². The summed E-state index contributed by atoms with van der Waals surface area (Å²) >= 11 is 0. The topological polar surface area (TPSA) is 0 Å². The molecular weight excluding hydrogens is 865 g/mol. The Morgan fingerprint density at radius 1 is 0.0972 bits per heavy atom. The van der Waals surface area contributed by atoms with E-state index in [4.69, 9.17) is 0 Å². The van der Waals surface area contributed by atoms with Crippen LogP contribution in [-0.4, -0.2) is 0 Å². The number of fused-ring (bicyclic) bond motifs is 33. The van der Waals surface area contributed by atoms with Crippen LogP contribution < -0.4 is 0 Å². The minimum Gasteiger partial charge on any atom is -0.0616 e. The third-order valence-corrected chi connectivity index (χ3v) is 16.1. The van der Waals surface area contributed by atoms with Crippen molar-refractivity contribution in [2.45, 2.75) is 0 Å². The van der Waals surface area contributed by atoms with Crippen LogP contribution >= 0.6 is 0 Å². The van der Waals surface area contributed by atoms with Gasteiger partial charge in [0.25, 0.3) is 0 Å². The number of hydrogen-bond donors (Lipinski definition) is 0. The highest BCUT2D eigenvalue weighted by Gasteiger charge is 2.23. The molecule has 0 aliphatic rings. The van der Waals surface area contributed by atoms with E-state index in [0.717, 1.165) is 0 Å². The van der Waals surface area contributed by atoms with Crippen LogP contribution in [0.3, 0.4) is 0 Å². The van der Waals surface area contributed by atoms with Crippen LogP contribution in [0.15, 0.2) is 255 Å². The minimum atomic E-state index is 1.29. The lowest BCUT2D eigenvalue weighted by Crippen LogP contribution is -1.93. The zero-order valence-corrected chi connectivity index (χ0v) is 39.2. The molecule has 0 saturated heterocycles. The lowest BCUT2D eigenvalue weighted by molar-refractivity contribution is 1.78. The summed E-state index contributed by atoms with van der Waals surface area (Å²) in [5.74, 6) is 0. The molecule has 0 fully saturated rings. The molecule has 0 aromatic heterocycles. The molecule has 0 amide bonds. The molecule has 0 saturated carbocycles. The van der Waals surface area contributed by atoms with Gasteiger partial charge in [0.1, 0.15) is 0 Å². The van der Waals surface area contributed by atoms with Crippen molar-refractivity contribution in [3.63, 3.8) is 0 Å². The Kier molecular flexibility index (Phi) is 8.26. The van der Waals surface area contributed by atoms with Gasteiger partial charge in [0.05, 0.1) is 0 Å². The maximum Gasteiger partial charge on any atom is -0.000718 e. The summed E-state index contributed by atoms with van der Waals surface area (Å²) in [6.45, 7) is 0. The zero-order valence-electron chi connectivity index (χ0n) is 39.2. The molecule has 0 radical (unpaired) electrons. The fourth-order valence-corrected chi connectivity index (χ4v) is 13.3. The predicted molar refractivity (Wildman–Crippen MR) is 315 cm³/mol. The molecule has 0 nitrogen and oxygen atoms in total. The summed E-state index contributed by atoms with van der Waals surface area (Å²) < 4.78 is 0. The van der Waals surface area contributed by atoms with E-state index >= 15 is 0 Å². The third-order valence-electron chi connectivity index (χ3n) is 16.1. The van der Waals surface area contributed by atoms with Gasteiger partial charge in [-0.2, -0.15) is 0 Å². The molecule has 0 aliphatic heterocycles. The highest BCUT2D eigenvalue weighted by atomic mass is 14.3. The van der Waals surface area contributed by atoms with Crippen LogP contribution in [0, 0.1) is 0 Å². The zero-order chi connectivity index (χ0) is 47.0. The maximum absolute atomic E-state index is 2.34. The first kappa shape index (κ1) is 39.5. The Bertz CT molecular complexity index is 4440. The average molecular weight is 907 g/mol. The van der Waals surface area contributed by atoms with Crippen LogP contribution in [0.5, 0.6) is 0 Å². The van der Waals surface area contributed by atoms with E-state index in [0.29, 0.717) is 0 Å². The molecule has 17 aromatic rings. The standard InChI is InChI=1S/C42H24.C30H18/c1-7-19-31-25(13-1)26-14-2-8-20-32(26)38-37(31)39-33-21-9-3-15-27(33)28-16-5-11-23-35(28)41(39)42-36-24-12-6-18-30(36)29-17-4-10-22-34(29)40(38)42;1-4-10-22-19(7-1)13-16-25-28(22)26-17-14-20-8-3-6-12-24(20)30(26)27-18-15-21-9-2-5-11-23(21)29(25)27/h1-24H;1-18H. The van der Waals surface area contributed by atoms with E-state index in [1.807, 2.05) is 0 Å². The fourth-order valence-electron chi connectivity index (χ4n) is 13.3. The molecule has 17 rings (SSSR count). The second-order valence-corrected chi connectivity index (χ2v) is 19.7. The number of hydrogen-bond acceptors (Lipinski definition) is 0. The van der Waals surface area contributed by atoms with Gasteiger partial charge in [-0.05, 0) is 162 Å². The summed E-state index contributed by atoms with van der Waals surface area (Å²) in [5, 5.41) is 39.8. The van der Waals surface area contributed by atoms with Gasteiger partial charge in [-0.3, -0.25) is 0 Å². The van der Waals surface area contributed by atoms with E-state index in [1.165, 1.54) is 162 Å². The van der Waals surface area contributed by atoms with Gasteiger partial charge in [0, 0.05) is 0 Å². The highest BCUT2D eigenvalue weighted by molar-refractivity contribution is 6.51. The Labute approximate surface area is 414 Å². The largest absolute Gasteiger partial charge is 0.0616 e. The first-order valence-electron chi connectivity index (χ1n) is 25.2. The molecule has 0 spiro atoms. The summed E-state index contributed by atoms with van der Waals surface area (Å²) in [5.41, 5.74) is 0. The molecule has 72 heavy (non-hydrogen) atoms. The quantitative estimate of drug-likeness (QED) is 0.133. The first-order valence-corrected chi connectivity index (χ1v) is 25.2. The van der Waals surface area contributed by atoms with Gasteiger partial charge >= 0.3 is 0 Å². The summed E-state index contributed by atoms with van der Waals surface area (Å²) in [6, 6.07) is 94.2. The molecule has 0 atom stereocenters. The van der Waals surface area contributed by atoms with Crippen LogP contribution in [0.4, 0.5) is 0 Å². The van der Waals surface area contributed by atoms with Crippen molar-refractivity contribution >= 4 is 162 Å². The molecule has 17 aromatic carbocycles. The molecular formula is C72H42. The summed E-state index contributed by atoms with van der Waals surface area (Å²) in [4.78, 5) is 0. The second-order valence-electron chi connectivity index (χ2n) is 19.7. The minimum absolute atomic E-state index is 1.29. The normalized spacial score (nSPS) is 12.2. The predicted octanol–water partition coefficient (Wildman–Crippen LogP) is 20.7. The van der Waals surface area contributed by atoms with Crippen molar-refractivity contribution < 1.29 is 0 Å². The molecule has 0 unspecified atom stereocenters. The lowest BCUT2D eigenvalue weighted by atomic mass is 9.80. The summed E-state index contributed by atoms with van der Waals surface area (Å²) in [6.07, 6.45) is 0. The van der Waals surface area contributed by atoms with Crippen molar-refractivity contribution in [2.24, 2.45) is 0 Å². The van der Waals surface area contributed by atoms with Crippen molar-refractivity contribution in [1.29, 1.82) is 0 Å². The smallest absolute Gasteiger partial charge is 0.000718 e. The van der Waals surface area contributed by atoms with Crippen molar-refractivity contribution in [1.82, 2.24) is 0 Å². The highest BCUT2D eigenvalue weighted by Crippen LogP contribution is 2.52. The molecule has 0 bridgehead atoms. The van der Waals surface area contributed by atoms with Crippen LogP contribution in [0.2, 0.25) is 0 Å². The first-order chi connectivity index (χ1) is 35.8. The molecule has 0 heteroatoms. The van der Waals surface area contributed by atoms with E-state index in [-0.39, 0.29) is 0 Å². The Morgan fingerprint density at radius 3 is 0.472 bits per heavy atom. The molecule has 0 heterocycles. The van der Waals surface area contributed by atoms with Crippen LogP contribution in [-0.2, 0) is 0 Å². The van der Waals surface area contributed by atoms with Crippen molar-refractivity contribution in [2.75, 3.05) is 0 Å². The number of benzene rings is 17. The van der Waals surface area contributed by atoms with Gasteiger partial charge in [-0.25, -0.2) is 0 Å². The molecule has 0 aliphatic carbocycles. The Morgan fingerprint density at radius 2 is 0.264 bits per heavy atom.